The number of aromatic nitrogens is 4. The van der Waals surface area contributed by atoms with Gasteiger partial charge in [0.25, 0.3) is 0 Å². The molecule has 32 heavy (non-hydrogen) atoms. The van der Waals surface area contributed by atoms with Crippen LogP contribution in [0.5, 0.6) is 0 Å². The molecule has 0 bridgehead atoms. The first-order chi connectivity index (χ1) is 15.6. The van der Waals surface area contributed by atoms with Gasteiger partial charge in [-0.3, -0.25) is 14.3 Å². The Bertz CT molecular complexity index is 1150. The van der Waals surface area contributed by atoms with Crippen LogP contribution in [0.4, 0.5) is 0 Å². The van der Waals surface area contributed by atoms with Crippen molar-refractivity contribution >= 4 is 17.7 Å². The first-order valence-corrected chi connectivity index (χ1v) is 11.3. The van der Waals surface area contributed by atoms with E-state index in [0.717, 1.165) is 22.5 Å². The van der Waals surface area contributed by atoms with Crippen LogP contribution < -0.4 is 0 Å². The van der Waals surface area contributed by atoms with E-state index in [1.807, 2.05) is 74.6 Å². The van der Waals surface area contributed by atoms with E-state index in [-0.39, 0.29) is 11.2 Å². The van der Waals surface area contributed by atoms with E-state index in [1.54, 1.807) is 17.3 Å². The quantitative estimate of drug-likeness (QED) is 0.375. The summed E-state index contributed by atoms with van der Waals surface area (Å²) < 4.78 is 2.05. The summed E-state index contributed by atoms with van der Waals surface area (Å²) >= 11 is 1.43. The van der Waals surface area contributed by atoms with E-state index in [1.165, 1.54) is 11.8 Å². The Morgan fingerprint density at radius 3 is 2.31 bits per heavy atom. The molecule has 0 aliphatic rings. The molecular weight excluding hydrogens is 418 g/mol. The molecule has 1 amide bonds. The molecule has 0 fully saturated rings. The van der Waals surface area contributed by atoms with Crippen LogP contribution in [0, 0.1) is 0 Å². The van der Waals surface area contributed by atoms with Crippen molar-refractivity contribution in [1.82, 2.24) is 24.6 Å². The first kappa shape index (κ1) is 21.8. The van der Waals surface area contributed by atoms with Crippen LogP contribution in [0.2, 0.25) is 0 Å². The van der Waals surface area contributed by atoms with Crippen molar-refractivity contribution in [3.05, 3.63) is 96.3 Å². The van der Waals surface area contributed by atoms with Gasteiger partial charge >= 0.3 is 0 Å². The second kappa shape index (κ2) is 10.2. The van der Waals surface area contributed by atoms with Gasteiger partial charge in [-0.15, -0.1) is 10.2 Å². The number of carbonyl (C=O) groups excluding carboxylic acids is 1. The summed E-state index contributed by atoms with van der Waals surface area (Å²) in [5.41, 5.74) is 3.13. The smallest absolute Gasteiger partial charge is 0.235 e. The molecule has 2 heterocycles. The Morgan fingerprint density at radius 2 is 1.66 bits per heavy atom. The van der Waals surface area contributed by atoms with Crippen molar-refractivity contribution in [2.24, 2.45) is 0 Å². The molecule has 7 heteroatoms. The van der Waals surface area contributed by atoms with Gasteiger partial charge in [-0.05, 0) is 30.2 Å². The van der Waals surface area contributed by atoms with E-state index in [4.69, 9.17) is 0 Å². The lowest BCUT2D eigenvalue weighted by molar-refractivity contribution is -0.129. The normalized spacial score (nSPS) is 11.8. The number of thioether (sulfide) groups is 1. The molecule has 2 aromatic heterocycles. The number of rotatable bonds is 8. The second-order valence-corrected chi connectivity index (χ2v) is 8.87. The molecular formula is C25H25N5OS. The number of amides is 1. The van der Waals surface area contributed by atoms with Gasteiger partial charge in [0.15, 0.2) is 11.0 Å². The van der Waals surface area contributed by atoms with Gasteiger partial charge in [0.1, 0.15) is 0 Å². The minimum absolute atomic E-state index is 0.0519. The third kappa shape index (κ3) is 5.23. The lowest BCUT2D eigenvalue weighted by atomic mass is 10.2. The monoisotopic (exact) mass is 443 g/mol. The molecule has 0 N–H and O–H groups in total. The van der Waals surface area contributed by atoms with E-state index < -0.39 is 0 Å². The number of carbonyl (C=O) groups is 1. The van der Waals surface area contributed by atoms with E-state index >= 15 is 0 Å². The molecule has 4 rings (SSSR count). The van der Waals surface area contributed by atoms with E-state index in [9.17, 15) is 4.79 Å². The summed E-state index contributed by atoms with van der Waals surface area (Å²) in [4.78, 5) is 19.0. The maximum atomic E-state index is 13.0. The van der Waals surface area contributed by atoms with Crippen molar-refractivity contribution in [1.29, 1.82) is 0 Å². The largest absolute Gasteiger partial charge is 0.340 e. The summed E-state index contributed by atoms with van der Waals surface area (Å²) in [5.74, 6) is 0.790. The van der Waals surface area contributed by atoms with Gasteiger partial charge in [-0.25, -0.2) is 0 Å². The van der Waals surface area contributed by atoms with Gasteiger partial charge in [0.2, 0.25) is 5.91 Å². The maximum absolute atomic E-state index is 13.0. The molecule has 1 atom stereocenters. The maximum Gasteiger partial charge on any atom is 0.235 e. The number of hydrogen-bond donors (Lipinski definition) is 0. The Kier molecular flexibility index (Phi) is 6.97. The lowest BCUT2D eigenvalue weighted by Crippen LogP contribution is -2.33. The molecule has 0 aliphatic carbocycles. The molecule has 0 radical (unpaired) electrons. The molecule has 0 spiro atoms. The minimum atomic E-state index is -0.302. The molecule has 0 saturated heterocycles. The number of hydrogen-bond acceptors (Lipinski definition) is 5. The predicted molar refractivity (Wildman–Crippen MR) is 127 cm³/mol. The SMILES string of the molecule is C[C@H](Sc1nnc(-c2cccnc2)n1Cc1ccccc1)C(=O)N(C)Cc1ccccc1. The summed E-state index contributed by atoms with van der Waals surface area (Å²) in [7, 11) is 1.84. The molecule has 4 aromatic rings. The summed E-state index contributed by atoms with van der Waals surface area (Å²) in [6.07, 6.45) is 3.52. The molecule has 0 aliphatic heterocycles. The first-order valence-electron chi connectivity index (χ1n) is 10.4. The fourth-order valence-corrected chi connectivity index (χ4v) is 4.41. The van der Waals surface area contributed by atoms with Crippen molar-refractivity contribution in [3.63, 3.8) is 0 Å². The van der Waals surface area contributed by atoms with Crippen LogP contribution in [-0.2, 0) is 17.9 Å². The molecule has 162 valence electrons. The highest BCUT2D eigenvalue weighted by molar-refractivity contribution is 8.00. The third-order valence-electron chi connectivity index (χ3n) is 5.09. The number of benzene rings is 2. The summed E-state index contributed by atoms with van der Waals surface area (Å²) in [6.45, 7) is 3.10. The summed E-state index contributed by atoms with van der Waals surface area (Å²) in [5, 5.41) is 9.27. The van der Waals surface area contributed by atoms with Crippen LogP contribution in [0.1, 0.15) is 18.1 Å². The average molecular weight is 444 g/mol. The Hall–Kier alpha value is -3.45. The average Bonchev–Trinajstić information content (AvgIpc) is 3.22. The zero-order chi connectivity index (χ0) is 22.3. The minimum Gasteiger partial charge on any atom is -0.340 e. The van der Waals surface area contributed by atoms with Crippen LogP contribution in [-0.4, -0.2) is 42.9 Å². The van der Waals surface area contributed by atoms with Gasteiger partial charge in [0.05, 0.1) is 11.8 Å². The van der Waals surface area contributed by atoms with Crippen LogP contribution in [0.15, 0.2) is 90.3 Å². The Morgan fingerprint density at radius 1 is 0.969 bits per heavy atom. The second-order valence-electron chi connectivity index (χ2n) is 7.56. The molecule has 2 aromatic carbocycles. The summed E-state index contributed by atoms with van der Waals surface area (Å²) in [6, 6.07) is 24.0. The highest BCUT2D eigenvalue weighted by Gasteiger charge is 2.23. The van der Waals surface area contributed by atoms with Crippen molar-refractivity contribution < 1.29 is 4.79 Å². The highest BCUT2D eigenvalue weighted by Crippen LogP contribution is 2.28. The van der Waals surface area contributed by atoms with Crippen LogP contribution in [0.25, 0.3) is 11.4 Å². The highest BCUT2D eigenvalue weighted by atomic mass is 32.2. The van der Waals surface area contributed by atoms with Gasteiger partial charge < -0.3 is 4.90 Å². The lowest BCUT2D eigenvalue weighted by Gasteiger charge is -2.21. The van der Waals surface area contributed by atoms with Gasteiger partial charge in [-0.1, -0.05) is 72.4 Å². The zero-order valence-electron chi connectivity index (χ0n) is 18.1. The number of nitrogens with zero attached hydrogens (tertiary/aromatic N) is 5. The number of pyridine rings is 1. The molecule has 0 unspecified atom stereocenters. The van der Waals surface area contributed by atoms with Crippen molar-refractivity contribution in [2.45, 2.75) is 30.4 Å². The Balaban J connectivity index is 1.56. The molecule has 6 nitrogen and oxygen atoms in total. The molecule has 0 saturated carbocycles. The van der Waals surface area contributed by atoms with Crippen molar-refractivity contribution in [2.75, 3.05) is 7.05 Å². The van der Waals surface area contributed by atoms with Crippen LogP contribution in [0.3, 0.4) is 0 Å². The van der Waals surface area contributed by atoms with Crippen LogP contribution >= 0.6 is 11.8 Å². The van der Waals surface area contributed by atoms with Gasteiger partial charge in [0, 0.05) is 31.5 Å². The van der Waals surface area contributed by atoms with E-state index in [0.29, 0.717) is 18.2 Å². The Labute approximate surface area is 192 Å². The standard InChI is InChI=1S/C25H25N5OS/c1-19(24(31)29(2)17-20-10-5-3-6-11-20)32-25-28-27-23(22-14-9-15-26-16-22)30(25)18-21-12-7-4-8-13-21/h3-16,19H,17-18H2,1-2H3/t19-/m0/s1. The van der Waals surface area contributed by atoms with Gasteiger partial charge in [-0.2, -0.15) is 0 Å². The fourth-order valence-electron chi connectivity index (χ4n) is 3.45. The van der Waals surface area contributed by atoms with E-state index in [2.05, 4.69) is 31.9 Å². The topological polar surface area (TPSA) is 63.9 Å². The van der Waals surface area contributed by atoms with Crippen molar-refractivity contribution in [3.8, 4) is 11.4 Å². The third-order valence-corrected chi connectivity index (χ3v) is 6.16. The fraction of sp³-hybridized carbons (Fsp3) is 0.200. The zero-order valence-corrected chi connectivity index (χ0v) is 18.9. The predicted octanol–water partition coefficient (Wildman–Crippen LogP) is 4.53.